The van der Waals surface area contributed by atoms with E-state index >= 15 is 0 Å². The van der Waals surface area contributed by atoms with Gasteiger partial charge in [0.2, 0.25) is 5.69 Å². The van der Waals surface area contributed by atoms with Crippen LogP contribution in [0, 0.1) is 0 Å². The minimum Gasteiger partial charge on any atom is -1.00 e. The van der Waals surface area contributed by atoms with Crippen molar-refractivity contribution in [2.24, 2.45) is 14.1 Å². The van der Waals surface area contributed by atoms with Crippen molar-refractivity contribution in [2.45, 2.75) is 0 Å². The highest BCUT2D eigenvalue weighted by Gasteiger charge is 2.12. The van der Waals surface area contributed by atoms with Crippen LogP contribution in [-0.2, 0) is 14.1 Å². The van der Waals surface area contributed by atoms with Gasteiger partial charge in [-0.05, 0) is 23.3 Å². The van der Waals surface area contributed by atoms with E-state index in [1.807, 2.05) is 12.1 Å². The second kappa shape index (κ2) is 8.64. The van der Waals surface area contributed by atoms with Gasteiger partial charge in [-0.25, -0.2) is 0 Å². The predicted molar refractivity (Wildman–Crippen MR) is 97.3 cm³/mol. The van der Waals surface area contributed by atoms with Crippen molar-refractivity contribution in [3.8, 4) is 0 Å². The van der Waals surface area contributed by atoms with Gasteiger partial charge in [0.15, 0.2) is 7.05 Å². The zero-order chi connectivity index (χ0) is 16.1. The maximum Gasteiger partial charge on any atom is 0.231 e. The van der Waals surface area contributed by atoms with Crippen molar-refractivity contribution in [1.29, 1.82) is 0 Å². The first kappa shape index (κ1) is 18.2. The van der Waals surface area contributed by atoms with Crippen LogP contribution < -0.4 is 28.7 Å². The molecule has 0 unspecified atom stereocenters. The summed E-state index contributed by atoms with van der Waals surface area (Å²) in [4.78, 5) is 0. The van der Waals surface area contributed by atoms with Crippen molar-refractivity contribution in [3.63, 3.8) is 0 Å². The molecule has 0 bridgehead atoms. The van der Waals surface area contributed by atoms with Gasteiger partial charge in [-0.3, -0.25) is 0 Å². The van der Waals surface area contributed by atoms with Crippen LogP contribution in [-0.4, -0.2) is 4.68 Å². The average Bonchev–Trinajstić information content (AvgIpc) is 2.88. The summed E-state index contributed by atoms with van der Waals surface area (Å²) in [5.74, 6) is 0. The highest BCUT2D eigenvalue weighted by molar-refractivity contribution is 5.71. The van der Waals surface area contributed by atoms with E-state index in [2.05, 4.69) is 102 Å². The Morgan fingerprint density at radius 3 is 1.79 bits per heavy atom. The lowest BCUT2D eigenvalue weighted by molar-refractivity contribution is -0.752. The number of halogens is 1. The standard InChI is InChI=1S/C21H21N2.HI/c1-22-20(15-13-18-9-5-3-6-10-18)17-21(23(22)2)16-14-19-11-7-4-8-12-19;/h3-17H,1-2H3;1H/q+1;/p-1. The Hall–Kier alpha value is -2.14. The molecule has 2 nitrogen and oxygen atoms in total. The minimum absolute atomic E-state index is 0. The van der Waals surface area contributed by atoms with Crippen molar-refractivity contribution in [3.05, 3.63) is 89.2 Å². The van der Waals surface area contributed by atoms with Gasteiger partial charge in [-0.2, -0.15) is 4.68 Å². The Morgan fingerprint density at radius 1 is 0.750 bits per heavy atom. The van der Waals surface area contributed by atoms with Crippen LogP contribution in [0.3, 0.4) is 0 Å². The van der Waals surface area contributed by atoms with E-state index in [0.717, 1.165) is 0 Å². The lowest BCUT2D eigenvalue weighted by Gasteiger charge is -1.94. The molecule has 2 aromatic carbocycles. The lowest BCUT2D eigenvalue weighted by atomic mass is 10.2. The van der Waals surface area contributed by atoms with Crippen LogP contribution >= 0.6 is 0 Å². The van der Waals surface area contributed by atoms with E-state index in [1.165, 1.54) is 22.5 Å². The molecule has 3 heteroatoms. The predicted octanol–water partition coefficient (Wildman–Crippen LogP) is 1.19. The quantitative estimate of drug-likeness (QED) is 0.436. The summed E-state index contributed by atoms with van der Waals surface area (Å²) in [6.07, 6.45) is 8.57. The van der Waals surface area contributed by atoms with Crippen LogP contribution in [0.2, 0.25) is 0 Å². The van der Waals surface area contributed by atoms with Gasteiger partial charge >= 0.3 is 0 Å². The highest BCUT2D eigenvalue weighted by atomic mass is 127. The maximum absolute atomic E-state index is 2.19. The van der Waals surface area contributed by atoms with Gasteiger partial charge in [-0.15, -0.1) is 4.68 Å². The number of nitrogens with zero attached hydrogens (tertiary/aromatic N) is 2. The highest BCUT2D eigenvalue weighted by Crippen LogP contribution is 2.11. The Labute approximate surface area is 160 Å². The Bertz CT molecular complexity index is 761. The molecule has 1 aromatic heterocycles. The van der Waals surface area contributed by atoms with Gasteiger partial charge in [0.25, 0.3) is 0 Å². The molecule has 0 spiro atoms. The minimum atomic E-state index is 0. The fourth-order valence-corrected chi connectivity index (χ4v) is 2.49. The normalized spacial score (nSPS) is 11.1. The molecule has 0 aliphatic heterocycles. The Balaban J connectivity index is 0.00000208. The smallest absolute Gasteiger partial charge is 0.231 e. The second-order valence-electron chi connectivity index (χ2n) is 5.53. The molecule has 0 radical (unpaired) electrons. The molecule has 0 fully saturated rings. The van der Waals surface area contributed by atoms with Crippen LogP contribution in [0.25, 0.3) is 24.3 Å². The van der Waals surface area contributed by atoms with Gasteiger partial charge in [-0.1, -0.05) is 66.7 Å². The van der Waals surface area contributed by atoms with Gasteiger partial charge in [0, 0.05) is 12.1 Å². The van der Waals surface area contributed by atoms with Crippen LogP contribution in [0.5, 0.6) is 0 Å². The number of rotatable bonds is 4. The molecule has 0 aliphatic carbocycles. The van der Waals surface area contributed by atoms with Gasteiger partial charge < -0.3 is 24.0 Å². The molecule has 0 atom stereocenters. The molecule has 24 heavy (non-hydrogen) atoms. The summed E-state index contributed by atoms with van der Waals surface area (Å²) in [6, 6.07) is 22.9. The molecule has 3 aromatic rings. The van der Waals surface area contributed by atoms with E-state index in [0.29, 0.717) is 0 Å². The summed E-state index contributed by atoms with van der Waals surface area (Å²) in [5.41, 5.74) is 4.75. The topological polar surface area (TPSA) is 8.81 Å². The fraction of sp³-hybridized carbons (Fsp3) is 0.0952. The third-order valence-electron chi connectivity index (χ3n) is 3.99. The molecule has 0 amide bonds. The zero-order valence-electron chi connectivity index (χ0n) is 13.9. The molecule has 0 aliphatic rings. The van der Waals surface area contributed by atoms with Crippen molar-refractivity contribution < 1.29 is 28.7 Å². The first-order chi connectivity index (χ1) is 11.2. The molecule has 122 valence electrons. The average molecular weight is 428 g/mol. The van der Waals surface area contributed by atoms with E-state index in [9.17, 15) is 0 Å². The van der Waals surface area contributed by atoms with E-state index in [4.69, 9.17) is 0 Å². The SMILES string of the molecule is Cn1c(C=Cc2ccccc2)cc(C=Cc2ccccc2)[n+]1C.[I-]. The molecule has 0 saturated heterocycles. The van der Waals surface area contributed by atoms with Crippen molar-refractivity contribution in [2.75, 3.05) is 0 Å². The monoisotopic (exact) mass is 428 g/mol. The third kappa shape index (κ3) is 4.45. The Kier molecular flexibility index (Phi) is 6.55. The lowest BCUT2D eigenvalue weighted by Crippen LogP contribution is -3.00. The Morgan fingerprint density at radius 2 is 1.25 bits per heavy atom. The first-order valence-electron chi connectivity index (χ1n) is 7.76. The summed E-state index contributed by atoms with van der Waals surface area (Å²) in [6.45, 7) is 0. The zero-order valence-corrected chi connectivity index (χ0v) is 16.1. The largest absolute Gasteiger partial charge is 1.00 e. The molecule has 3 rings (SSSR count). The summed E-state index contributed by atoms with van der Waals surface area (Å²) in [5, 5.41) is 0. The number of benzene rings is 2. The van der Waals surface area contributed by atoms with Crippen LogP contribution in [0.15, 0.2) is 66.7 Å². The fourth-order valence-electron chi connectivity index (χ4n) is 2.49. The molecule has 1 heterocycles. The van der Waals surface area contributed by atoms with Crippen molar-refractivity contribution in [1.82, 2.24) is 4.68 Å². The third-order valence-corrected chi connectivity index (χ3v) is 3.99. The van der Waals surface area contributed by atoms with E-state index < -0.39 is 0 Å². The summed E-state index contributed by atoms with van der Waals surface area (Å²) < 4.78 is 4.29. The molecule has 0 saturated carbocycles. The maximum atomic E-state index is 2.19. The summed E-state index contributed by atoms with van der Waals surface area (Å²) in [7, 11) is 4.15. The molecule has 0 N–H and O–H groups in total. The van der Waals surface area contributed by atoms with Gasteiger partial charge in [0.1, 0.15) is 5.69 Å². The van der Waals surface area contributed by atoms with Crippen LogP contribution in [0.1, 0.15) is 22.5 Å². The van der Waals surface area contributed by atoms with Crippen molar-refractivity contribution >= 4 is 24.3 Å². The first-order valence-corrected chi connectivity index (χ1v) is 7.76. The number of hydrogen-bond acceptors (Lipinski definition) is 0. The molecular formula is C21H21IN2. The number of aromatic nitrogens is 2. The van der Waals surface area contributed by atoms with E-state index in [-0.39, 0.29) is 24.0 Å². The van der Waals surface area contributed by atoms with E-state index in [1.54, 1.807) is 0 Å². The van der Waals surface area contributed by atoms with Crippen LogP contribution in [0.4, 0.5) is 0 Å². The molecular weight excluding hydrogens is 407 g/mol. The second-order valence-corrected chi connectivity index (χ2v) is 5.53. The number of hydrogen-bond donors (Lipinski definition) is 0. The van der Waals surface area contributed by atoms with Gasteiger partial charge in [0.05, 0.1) is 7.05 Å². The summed E-state index contributed by atoms with van der Waals surface area (Å²) >= 11 is 0.